The van der Waals surface area contributed by atoms with E-state index in [1.165, 1.54) is 7.11 Å². The number of carbonyl (C=O) groups is 1. The van der Waals surface area contributed by atoms with Crippen molar-refractivity contribution in [2.45, 2.75) is 12.8 Å². The highest BCUT2D eigenvalue weighted by Gasteiger charge is 1.98. The van der Waals surface area contributed by atoms with Crippen LogP contribution in [0.1, 0.15) is 12.8 Å². The fourth-order valence-electron chi connectivity index (χ4n) is 0.563. The molecule has 0 rings (SSSR count). The molecule has 0 amide bonds. The molecule has 0 unspecified atom stereocenters. The molecule has 0 saturated heterocycles. The third-order valence-corrected chi connectivity index (χ3v) is 1.10. The maximum atomic E-state index is 10.5. The van der Waals surface area contributed by atoms with Crippen molar-refractivity contribution in [2.75, 3.05) is 27.6 Å². The highest BCUT2D eigenvalue weighted by Crippen LogP contribution is 1.91. The molecule has 0 N–H and O–H groups in total. The minimum absolute atomic E-state index is 0.203. The van der Waals surface area contributed by atoms with Crippen LogP contribution in [0.25, 0.3) is 0 Å². The Morgan fingerprint density at radius 3 is 2.64 bits per heavy atom. The van der Waals surface area contributed by atoms with E-state index in [1.54, 1.807) is 7.11 Å². The zero-order valence-corrected chi connectivity index (χ0v) is 6.96. The third-order valence-electron chi connectivity index (χ3n) is 1.10. The van der Waals surface area contributed by atoms with Crippen LogP contribution in [0.2, 0.25) is 0 Å². The Kier molecular flexibility index (Phi) is 7.08. The van der Waals surface area contributed by atoms with E-state index in [1.807, 2.05) is 0 Å². The zero-order valence-electron chi connectivity index (χ0n) is 6.96. The van der Waals surface area contributed by atoms with Gasteiger partial charge in [-0.1, -0.05) is 0 Å². The largest absolute Gasteiger partial charge is 0.469 e. The van der Waals surface area contributed by atoms with Crippen LogP contribution in [0.15, 0.2) is 0 Å². The van der Waals surface area contributed by atoms with Crippen LogP contribution < -0.4 is 0 Å². The number of hydrogen-bond donors (Lipinski definition) is 0. The number of ether oxygens (including phenoxy) is 3. The van der Waals surface area contributed by atoms with Gasteiger partial charge in [-0.2, -0.15) is 0 Å². The average molecular weight is 162 g/mol. The molecule has 0 bridgehead atoms. The van der Waals surface area contributed by atoms with E-state index in [9.17, 15) is 4.79 Å². The lowest BCUT2D eigenvalue weighted by atomic mass is 10.3. The second-order valence-electron chi connectivity index (χ2n) is 1.99. The molecule has 0 saturated carbocycles. The Labute approximate surface area is 66.4 Å². The summed E-state index contributed by atoms with van der Waals surface area (Å²) in [4.78, 5) is 10.5. The quantitative estimate of drug-likeness (QED) is 0.325. The molecule has 0 fully saturated rings. The summed E-state index contributed by atoms with van der Waals surface area (Å²) in [6, 6.07) is 0. The molecule has 0 aliphatic carbocycles. The average Bonchev–Trinajstić information content (AvgIpc) is 2.04. The zero-order chi connectivity index (χ0) is 8.53. The van der Waals surface area contributed by atoms with E-state index < -0.39 is 0 Å². The van der Waals surface area contributed by atoms with E-state index in [4.69, 9.17) is 4.74 Å². The van der Waals surface area contributed by atoms with Crippen LogP contribution in [-0.4, -0.2) is 33.6 Å². The molecular weight excluding hydrogens is 148 g/mol. The first-order valence-corrected chi connectivity index (χ1v) is 3.44. The molecular formula is C7H14O4. The van der Waals surface area contributed by atoms with Crippen LogP contribution >= 0.6 is 0 Å². The number of carbonyl (C=O) groups excluding carboxylic acids is 1. The molecule has 4 nitrogen and oxygen atoms in total. The highest BCUT2D eigenvalue weighted by molar-refractivity contribution is 5.68. The molecule has 11 heavy (non-hydrogen) atoms. The van der Waals surface area contributed by atoms with Gasteiger partial charge in [0.05, 0.1) is 7.11 Å². The van der Waals surface area contributed by atoms with Gasteiger partial charge in [0.1, 0.15) is 6.79 Å². The molecule has 0 radical (unpaired) electrons. The summed E-state index contributed by atoms with van der Waals surface area (Å²) < 4.78 is 14.0. The lowest BCUT2D eigenvalue weighted by Gasteiger charge is -2.00. The predicted molar refractivity (Wildman–Crippen MR) is 39.1 cm³/mol. The normalized spacial score (nSPS) is 9.64. The number of hydrogen-bond acceptors (Lipinski definition) is 4. The van der Waals surface area contributed by atoms with Crippen molar-refractivity contribution in [3.8, 4) is 0 Å². The molecule has 0 aromatic heterocycles. The van der Waals surface area contributed by atoms with Crippen LogP contribution in [-0.2, 0) is 19.0 Å². The molecule has 66 valence electrons. The molecule has 0 heterocycles. The van der Waals surface area contributed by atoms with Crippen LogP contribution in [0.4, 0.5) is 0 Å². The predicted octanol–water partition coefficient (Wildman–Crippen LogP) is 0.560. The lowest BCUT2D eigenvalue weighted by Crippen LogP contribution is -2.04. The monoisotopic (exact) mass is 162 g/mol. The molecule has 0 aromatic rings. The Morgan fingerprint density at radius 2 is 2.09 bits per heavy atom. The molecule has 0 atom stereocenters. The summed E-state index contributed by atoms with van der Waals surface area (Å²) in [6.45, 7) is 0.810. The topological polar surface area (TPSA) is 44.8 Å². The van der Waals surface area contributed by atoms with Gasteiger partial charge in [0.15, 0.2) is 0 Å². The van der Waals surface area contributed by atoms with Crippen molar-refractivity contribution in [1.29, 1.82) is 0 Å². The van der Waals surface area contributed by atoms with E-state index in [0.717, 1.165) is 0 Å². The first-order valence-electron chi connectivity index (χ1n) is 3.44. The molecule has 0 aliphatic rings. The maximum Gasteiger partial charge on any atom is 0.305 e. The Bertz CT molecular complexity index is 103. The van der Waals surface area contributed by atoms with Gasteiger partial charge in [0.2, 0.25) is 0 Å². The summed E-state index contributed by atoms with van der Waals surface area (Å²) >= 11 is 0. The van der Waals surface area contributed by atoms with Crippen molar-refractivity contribution in [1.82, 2.24) is 0 Å². The van der Waals surface area contributed by atoms with Gasteiger partial charge in [-0.05, 0) is 6.42 Å². The van der Waals surface area contributed by atoms with Gasteiger partial charge in [-0.3, -0.25) is 4.79 Å². The number of methoxy groups -OCH3 is 2. The van der Waals surface area contributed by atoms with Crippen LogP contribution in [0, 0.1) is 0 Å². The second-order valence-corrected chi connectivity index (χ2v) is 1.99. The second kappa shape index (κ2) is 7.50. The van der Waals surface area contributed by atoms with E-state index in [-0.39, 0.29) is 12.8 Å². The van der Waals surface area contributed by atoms with E-state index in [0.29, 0.717) is 19.4 Å². The maximum absolute atomic E-state index is 10.5. The van der Waals surface area contributed by atoms with E-state index >= 15 is 0 Å². The Balaban J connectivity index is 2.95. The highest BCUT2D eigenvalue weighted by atomic mass is 16.7. The molecule has 4 heteroatoms. The van der Waals surface area contributed by atoms with Crippen molar-refractivity contribution in [3.63, 3.8) is 0 Å². The fraction of sp³-hybridized carbons (Fsp3) is 0.857. The molecule has 0 aromatic carbocycles. The summed E-state index contributed by atoms with van der Waals surface area (Å²) in [5, 5.41) is 0. The minimum atomic E-state index is -0.203. The van der Waals surface area contributed by atoms with Crippen LogP contribution in [0.5, 0.6) is 0 Å². The fourth-order valence-corrected chi connectivity index (χ4v) is 0.563. The SMILES string of the molecule is COCOCCCC(=O)OC. The Morgan fingerprint density at radius 1 is 1.36 bits per heavy atom. The standard InChI is InChI=1S/C7H14O4/c1-9-6-11-5-3-4-7(8)10-2/h3-6H2,1-2H3. The lowest BCUT2D eigenvalue weighted by molar-refractivity contribution is -0.141. The first kappa shape index (κ1) is 10.4. The molecule has 0 spiro atoms. The minimum Gasteiger partial charge on any atom is -0.469 e. The molecule has 0 aliphatic heterocycles. The van der Waals surface area contributed by atoms with Crippen molar-refractivity contribution < 1.29 is 19.0 Å². The van der Waals surface area contributed by atoms with Crippen molar-refractivity contribution in [2.24, 2.45) is 0 Å². The summed E-state index contributed by atoms with van der Waals surface area (Å²) in [5.41, 5.74) is 0. The van der Waals surface area contributed by atoms with Gasteiger partial charge in [-0.25, -0.2) is 0 Å². The van der Waals surface area contributed by atoms with Crippen LogP contribution in [0.3, 0.4) is 0 Å². The van der Waals surface area contributed by atoms with Crippen molar-refractivity contribution in [3.05, 3.63) is 0 Å². The third kappa shape index (κ3) is 7.29. The Hall–Kier alpha value is -0.610. The number of rotatable bonds is 6. The van der Waals surface area contributed by atoms with E-state index in [2.05, 4.69) is 9.47 Å². The van der Waals surface area contributed by atoms with Gasteiger partial charge in [0, 0.05) is 20.1 Å². The van der Waals surface area contributed by atoms with Crippen molar-refractivity contribution >= 4 is 5.97 Å². The van der Waals surface area contributed by atoms with Gasteiger partial charge < -0.3 is 14.2 Å². The summed E-state index contributed by atoms with van der Waals surface area (Å²) in [6.07, 6.45) is 1.08. The first-order chi connectivity index (χ1) is 5.31. The smallest absolute Gasteiger partial charge is 0.305 e. The van der Waals surface area contributed by atoms with Gasteiger partial charge in [-0.15, -0.1) is 0 Å². The number of esters is 1. The summed E-state index contributed by atoms with van der Waals surface area (Å²) in [7, 11) is 2.93. The summed E-state index contributed by atoms with van der Waals surface area (Å²) in [5.74, 6) is -0.203. The van der Waals surface area contributed by atoms with Gasteiger partial charge in [0.25, 0.3) is 0 Å². The van der Waals surface area contributed by atoms with Gasteiger partial charge >= 0.3 is 5.97 Å².